The van der Waals surface area contributed by atoms with Crippen molar-refractivity contribution >= 4 is 69.1 Å². The van der Waals surface area contributed by atoms with Gasteiger partial charge in [0.05, 0.1) is 33.1 Å². The number of benzene rings is 3. The van der Waals surface area contributed by atoms with Crippen LogP contribution in [0.25, 0.3) is 16.6 Å². The van der Waals surface area contributed by atoms with Gasteiger partial charge in [-0.1, -0.05) is 58.7 Å². The van der Waals surface area contributed by atoms with Crippen LogP contribution < -0.4 is 10.9 Å². The quantitative estimate of drug-likeness (QED) is 0.272. The number of nitrogens with zero attached hydrogens (tertiary/aromatic N) is 2. The lowest BCUT2D eigenvalue weighted by atomic mass is 10.2. The second-order valence-electron chi connectivity index (χ2n) is 6.49. The molecule has 0 aliphatic carbocycles. The van der Waals surface area contributed by atoms with Crippen LogP contribution in [0.3, 0.4) is 0 Å². The van der Waals surface area contributed by atoms with Crippen LogP contribution in [0.4, 0.5) is 5.69 Å². The van der Waals surface area contributed by atoms with Gasteiger partial charge in [0, 0.05) is 10.0 Å². The standard InChI is InChI=1S/C22H14Cl3N3O2S/c23-13-5-8-15(9-6-13)28-21(30)16-3-1-2-4-18(16)27-22(28)31-12-20(29)26-19-10-7-14(24)11-17(19)25/h1-11H,12H2,(H,26,29). The molecule has 1 aromatic heterocycles. The molecule has 4 rings (SSSR count). The van der Waals surface area contributed by atoms with E-state index in [0.717, 1.165) is 11.8 Å². The van der Waals surface area contributed by atoms with Crippen molar-refractivity contribution in [3.05, 3.63) is 92.2 Å². The first-order valence-corrected chi connectivity index (χ1v) is 11.2. The molecule has 0 radical (unpaired) electrons. The molecule has 1 heterocycles. The minimum atomic E-state index is -0.292. The van der Waals surface area contributed by atoms with Gasteiger partial charge in [-0.05, 0) is 54.6 Å². The van der Waals surface area contributed by atoms with Crippen LogP contribution >= 0.6 is 46.6 Å². The zero-order valence-corrected chi connectivity index (χ0v) is 18.9. The van der Waals surface area contributed by atoms with E-state index in [2.05, 4.69) is 10.3 Å². The number of carbonyl (C=O) groups is 1. The van der Waals surface area contributed by atoms with E-state index in [0.29, 0.717) is 42.5 Å². The second kappa shape index (κ2) is 9.32. The Hall–Kier alpha value is -2.51. The minimum absolute atomic E-state index is 0.0251. The van der Waals surface area contributed by atoms with Crippen molar-refractivity contribution in [3.63, 3.8) is 0 Å². The molecule has 1 amide bonds. The van der Waals surface area contributed by atoms with E-state index >= 15 is 0 Å². The monoisotopic (exact) mass is 489 g/mol. The Morgan fingerprint density at radius 1 is 0.968 bits per heavy atom. The third kappa shape index (κ3) is 4.88. The molecule has 5 nitrogen and oxygen atoms in total. The van der Waals surface area contributed by atoms with E-state index in [9.17, 15) is 9.59 Å². The van der Waals surface area contributed by atoms with Crippen LogP contribution in [0.5, 0.6) is 0 Å². The molecule has 4 aromatic rings. The Kier molecular flexibility index (Phi) is 6.53. The van der Waals surface area contributed by atoms with Gasteiger partial charge >= 0.3 is 0 Å². The third-order valence-corrected chi connectivity index (χ3v) is 6.11. The number of carbonyl (C=O) groups excluding carboxylic acids is 1. The molecular formula is C22H14Cl3N3O2S. The number of rotatable bonds is 5. The third-order valence-electron chi connectivity index (χ3n) is 4.37. The number of halogens is 3. The molecule has 31 heavy (non-hydrogen) atoms. The van der Waals surface area contributed by atoms with Crippen molar-refractivity contribution < 1.29 is 4.79 Å². The van der Waals surface area contributed by atoms with Gasteiger partial charge in [0.2, 0.25) is 5.91 Å². The maximum atomic E-state index is 13.2. The molecule has 0 bridgehead atoms. The van der Waals surface area contributed by atoms with Crippen molar-refractivity contribution in [2.45, 2.75) is 5.16 Å². The highest BCUT2D eigenvalue weighted by atomic mass is 35.5. The first-order chi connectivity index (χ1) is 14.9. The average molecular weight is 491 g/mol. The summed E-state index contributed by atoms with van der Waals surface area (Å²) >= 11 is 19.2. The molecule has 0 aliphatic heterocycles. The first-order valence-electron chi connectivity index (χ1n) is 9.08. The molecule has 0 atom stereocenters. The number of hydrogen-bond acceptors (Lipinski definition) is 4. The number of anilines is 1. The Morgan fingerprint density at radius 3 is 2.42 bits per heavy atom. The summed E-state index contributed by atoms with van der Waals surface area (Å²) in [5, 5.41) is 4.99. The van der Waals surface area contributed by atoms with Crippen LogP contribution in [0.1, 0.15) is 0 Å². The van der Waals surface area contributed by atoms with Gasteiger partial charge in [0.1, 0.15) is 0 Å². The Bertz CT molecular complexity index is 1340. The lowest BCUT2D eigenvalue weighted by Crippen LogP contribution is -2.23. The molecule has 0 spiro atoms. The summed E-state index contributed by atoms with van der Waals surface area (Å²) in [4.78, 5) is 30.3. The van der Waals surface area contributed by atoms with Gasteiger partial charge in [0.15, 0.2) is 5.16 Å². The fraction of sp³-hybridized carbons (Fsp3) is 0.0455. The smallest absolute Gasteiger partial charge is 0.266 e. The molecule has 0 aliphatic rings. The maximum absolute atomic E-state index is 13.2. The molecule has 0 fully saturated rings. The minimum Gasteiger partial charge on any atom is -0.324 e. The molecule has 0 unspecified atom stereocenters. The Labute approximate surface area is 197 Å². The van der Waals surface area contributed by atoms with Crippen LogP contribution in [-0.2, 0) is 4.79 Å². The lowest BCUT2D eigenvalue weighted by molar-refractivity contribution is -0.113. The van der Waals surface area contributed by atoms with E-state index in [-0.39, 0.29) is 17.2 Å². The number of fused-ring (bicyclic) bond motifs is 1. The average Bonchev–Trinajstić information content (AvgIpc) is 2.75. The highest BCUT2D eigenvalue weighted by molar-refractivity contribution is 7.99. The van der Waals surface area contributed by atoms with Gasteiger partial charge in [-0.25, -0.2) is 4.98 Å². The predicted octanol–water partition coefficient (Wildman–Crippen LogP) is 6.08. The Balaban J connectivity index is 1.66. The normalized spacial score (nSPS) is 10.9. The van der Waals surface area contributed by atoms with Crippen LogP contribution in [0.15, 0.2) is 76.7 Å². The summed E-state index contributed by atoms with van der Waals surface area (Å²) in [6, 6.07) is 18.8. The van der Waals surface area contributed by atoms with Crippen molar-refractivity contribution in [2.75, 3.05) is 11.1 Å². The number of hydrogen-bond donors (Lipinski definition) is 1. The fourth-order valence-electron chi connectivity index (χ4n) is 2.93. The van der Waals surface area contributed by atoms with E-state index in [1.807, 2.05) is 6.07 Å². The lowest BCUT2D eigenvalue weighted by Gasteiger charge is -2.13. The van der Waals surface area contributed by atoms with Gasteiger partial charge in [0.25, 0.3) is 5.56 Å². The number of para-hydroxylation sites is 1. The zero-order chi connectivity index (χ0) is 22.0. The summed E-state index contributed by atoms with van der Waals surface area (Å²) < 4.78 is 1.48. The van der Waals surface area contributed by atoms with Crippen LogP contribution in [0.2, 0.25) is 15.1 Å². The largest absolute Gasteiger partial charge is 0.324 e. The number of aromatic nitrogens is 2. The summed E-state index contributed by atoms with van der Waals surface area (Å²) in [6.45, 7) is 0. The SMILES string of the molecule is O=C(CSc1nc2ccccc2c(=O)n1-c1ccc(Cl)cc1)Nc1ccc(Cl)cc1Cl. The molecule has 0 saturated carbocycles. The van der Waals surface area contributed by atoms with Crippen molar-refractivity contribution in [1.29, 1.82) is 0 Å². The summed E-state index contributed by atoms with van der Waals surface area (Å²) in [5.74, 6) is -0.267. The van der Waals surface area contributed by atoms with E-state index in [4.69, 9.17) is 34.8 Å². The van der Waals surface area contributed by atoms with Crippen molar-refractivity contribution in [2.24, 2.45) is 0 Å². The summed E-state index contributed by atoms with van der Waals surface area (Å²) in [5.41, 5.74) is 1.40. The molecule has 1 N–H and O–H groups in total. The van der Waals surface area contributed by atoms with E-state index < -0.39 is 0 Å². The van der Waals surface area contributed by atoms with Crippen molar-refractivity contribution in [3.8, 4) is 5.69 Å². The van der Waals surface area contributed by atoms with E-state index in [1.165, 1.54) is 4.57 Å². The highest BCUT2D eigenvalue weighted by Crippen LogP contribution is 2.26. The van der Waals surface area contributed by atoms with Gasteiger partial charge in [-0.15, -0.1) is 0 Å². The predicted molar refractivity (Wildman–Crippen MR) is 128 cm³/mol. The molecular weight excluding hydrogens is 477 g/mol. The topological polar surface area (TPSA) is 64.0 Å². The molecule has 3 aromatic carbocycles. The summed E-state index contributed by atoms with van der Waals surface area (Å²) in [7, 11) is 0. The summed E-state index contributed by atoms with van der Waals surface area (Å²) in [6.07, 6.45) is 0. The molecule has 156 valence electrons. The van der Waals surface area contributed by atoms with Gasteiger partial charge in [-0.3, -0.25) is 14.2 Å². The van der Waals surface area contributed by atoms with Gasteiger partial charge in [-0.2, -0.15) is 0 Å². The molecule has 0 saturated heterocycles. The zero-order valence-electron chi connectivity index (χ0n) is 15.8. The van der Waals surface area contributed by atoms with E-state index in [1.54, 1.807) is 60.7 Å². The van der Waals surface area contributed by atoms with Gasteiger partial charge < -0.3 is 5.32 Å². The Morgan fingerprint density at radius 2 is 1.68 bits per heavy atom. The number of thioether (sulfide) groups is 1. The maximum Gasteiger partial charge on any atom is 0.266 e. The molecule has 9 heteroatoms. The highest BCUT2D eigenvalue weighted by Gasteiger charge is 2.15. The van der Waals surface area contributed by atoms with Crippen LogP contribution in [-0.4, -0.2) is 21.2 Å². The van der Waals surface area contributed by atoms with Crippen LogP contribution in [0, 0.1) is 0 Å². The number of nitrogens with one attached hydrogen (secondary N) is 1. The fourth-order valence-corrected chi connectivity index (χ4v) is 4.33. The second-order valence-corrected chi connectivity index (χ2v) is 8.71. The number of amides is 1. The first kappa shape index (κ1) is 21.7. The van der Waals surface area contributed by atoms with Crippen molar-refractivity contribution in [1.82, 2.24) is 9.55 Å².